The summed E-state index contributed by atoms with van der Waals surface area (Å²) in [7, 11) is -3.90. The third-order valence-corrected chi connectivity index (χ3v) is 5.32. The van der Waals surface area contributed by atoms with Gasteiger partial charge in [0.15, 0.2) is 0 Å². The summed E-state index contributed by atoms with van der Waals surface area (Å²) in [6.07, 6.45) is 0. The Morgan fingerprint density at radius 1 is 1.10 bits per heavy atom. The van der Waals surface area contributed by atoms with Crippen LogP contribution in [-0.2, 0) is 9.84 Å². The zero-order valence-corrected chi connectivity index (χ0v) is 12.9. The van der Waals surface area contributed by atoms with E-state index in [1.807, 2.05) is 0 Å². The maximum atomic E-state index is 12.4. The number of halogens is 2. The van der Waals surface area contributed by atoms with Crippen molar-refractivity contribution in [2.75, 3.05) is 0 Å². The van der Waals surface area contributed by atoms with Gasteiger partial charge in [0.1, 0.15) is 0 Å². The average molecular weight is 377 g/mol. The predicted octanol–water partition coefficient (Wildman–Crippen LogP) is 3.84. The van der Waals surface area contributed by atoms with Crippen LogP contribution in [0, 0.1) is 10.1 Å². The molecular formula is C12H7BrClNO4S. The molecule has 0 amide bonds. The minimum atomic E-state index is -3.90. The molecule has 0 fully saturated rings. The predicted molar refractivity (Wildman–Crippen MR) is 77.7 cm³/mol. The highest BCUT2D eigenvalue weighted by atomic mass is 79.9. The van der Waals surface area contributed by atoms with Crippen molar-refractivity contribution in [3.8, 4) is 0 Å². The van der Waals surface area contributed by atoms with E-state index in [0.29, 0.717) is 0 Å². The number of benzene rings is 2. The number of hydrogen-bond donors (Lipinski definition) is 0. The topological polar surface area (TPSA) is 77.3 Å². The molecule has 0 aliphatic rings. The molecule has 0 saturated heterocycles. The van der Waals surface area contributed by atoms with Gasteiger partial charge in [-0.3, -0.25) is 10.1 Å². The minimum absolute atomic E-state index is 0.0168. The molecule has 0 unspecified atom stereocenters. The Morgan fingerprint density at radius 2 is 1.70 bits per heavy atom. The van der Waals surface area contributed by atoms with Gasteiger partial charge >= 0.3 is 0 Å². The van der Waals surface area contributed by atoms with E-state index in [9.17, 15) is 18.5 Å². The second-order valence-electron chi connectivity index (χ2n) is 3.83. The van der Waals surface area contributed by atoms with Crippen LogP contribution < -0.4 is 0 Å². The van der Waals surface area contributed by atoms with E-state index in [-0.39, 0.29) is 20.5 Å². The fraction of sp³-hybridized carbons (Fsp3) is 0. The largest absolute Gasteiger partial charge is 0.270 e. The molecule has 2 rings (SSSR count). The molecule has 8 heteroatoms. The van der Waals surface area contributed by atoms with Gasteiger partial charge in [0.25, 0.3) is 5.69 Å². The van der Waals surface area contributed by atoms with Crippen molar-refractivity contribution in [1.29, 1.82) is 0 Å². The highest BCUT2D eigenvalue weighted by Crippen LogP contribution is 2.31. The van der Waals surface area contributed by atoms with Crippen LogP contribution in [0.5, 0.6) is 0 Å². The number of nitro groups is 1. The molecule has 0 aliphatic carbocycles. The fourth-order valence-corrected chi connectivity index (χ4v) is 3.59. The Hall–Kier alpha value is -1.44. The number of sulfone groups is 1. The van der Waals surface area contributed by atoms with Gasteiger partial charge in [0.05, 0.1) is 19.7 Å². The lowest BCUT2D eigenvalue weighted by Crippen LogP contribution is -2.03. The summed E-state index contributed by atoms with van der Waals surface area (Å²) in [4.78, 5) is 9.80. The van der Waals surface area contributed by atoms with Crippen molar-refractivity contribution in [1.82, 2.24) is 0 Å². The van der Waals surface area contributed by atoms with Crippen molar-refractivity contribution in [2.45, 2.75) is 9.79 Å². The van der Waals surface area contributed by atoms with Crippen LogP contribution in [0.2, 0.25) is 5.02 Å². The molecule has 0 atom stereocenters. The van der Waals surface area contributed by atoms with E-state index in [0.717, 1.165) is 16.6 Å². The van der Waals surface area contributed by atoms with Crippen LogP contribution >= 0.6 is 27.5 Å². The van der Waals surface area contributed by atoms with Crippen molar-refractivity contribution in [3.05, 3.63) is 62.1 Å². The first-order valence-corrected chi connectivity index (χ1v) is 7.92. The quantitative estimate of drug-likeness (QED) is 0.602. The van der Waals surface area contributed by atoms with E-state index >= 15 is 0 Å². The second-order valence-corrected chi connectivity index (χ2v) is 7.07. The average Bonchev–Trinajstić information content (AvgIpc) is 2.39. The van der Waals surface area contributed by atoms with Crippen LogP contribution in [0.25, 0.3) is 0 Å². The van der Waals surface area contributed by atoms with Gasteiger partial charge in [-0.1, -0.05) is 27.5 Å². The van der Waals surface area contributed by atoms with Gasteiger partial charge in [-0.05, 0) is 30.3 Å². The number of non-ortho nitro benzene ring substituents is 1. The smallest absolute Gasteiger partial charge is 0.258 e. The molecule has 0 saturated carbocycles. The normalized spacial score (nSPS) is 11.3. The fourth-order valence-electron chi connectivity index (χ4n) is 1.55. The number of hydrogen-bond acceptors (Lipinski definition) is 4. The second kappa shape index (κ2) is 5.51. The molecule has 5 nitrogen and oxygen atoms in total. The van der Waals surface area contributed by atoms with E-state index in [2.05, 4.69) is 15.9 Å². The maximum absolute atomic E-state index is 12.4. The van der Waals surface area contributed by atoms with Crippen molar-refractivity contribution in [2.24, 2.45) is 0 Å². The third kappa shape index (κ3) is 2.84. The first-order chi connectivity index (χ1) is 9.32. The zero-order chi connectivity index (χ0) is 14.9. The lowest BCUT2D eigenvalue weighted by molar-refractivity contribution is -0.385. The van der Waals surface area contributed by atoms with Crippen LogP contribution in [-0.4, -0.2) is 13.3 Å². The highest BCUT2D eigenvalue weighted by molar-refractivity contribution is 9.10. The van der Waals surface area contributed by atoms with Gasteiger partial charge in [0.2, 0.25) is 9.84 Å². The van der Waals surface area contributed by atoms with E-state index in [1.54, 1.807) is 12.1 Å². The van der Waals surface area contributed by atoms with E-state index < -0.39 is 14.8 Å². The molecule has 0 spiro atoms. The van der Waals surface area contributed by atoms with E-state index in [4.69, 9.17) is 11.6 Å². The molecule has 2 aromatic carbocycles. The lowest BCUT2D eigenvalue weighted by Gasteiger charge is -2.06. The van der Waals surface area contributed by atoms with Crippen LogP contribution in [0.3, 0.4) is 0 Å². The summed E-state index contributed by atoms with van der Waals surface area (Å²) >= 11 is 9.06. The van der Waals surface area contributed by atoms with Crippen molar-refractivity contribution < 1.29 is 13.3 Å². The Bertz CT molecular complexity index is 775. The summed E-state index contributed by atoms with van der Waals surface area (Å²) in [6.45, 7) is 0. The summed E-state index contributed by atoms with van der Waals surface area (Å²) in [6, 6.07) is 9.24. The van der Waals surface area contributed by atoms with Crippen LogP contribution in [0.4, 0.5) is 5.69 Å². The molecule has 2 aromatic rings. The lowest BCUT2D eigenvalue weighted by atomic mass is 10.3. The Labute approximate surface area is 128 Å². The number of nitrogens with zero attached hydrogens (tertiary/aromatic N) is 1. The minimum Gasteiger partial charge on any atom is -0.258 e. The molecule has 0 heterocycles. The Kier molecular flexibility index (Phi) is 4.12. The van der Waals surface area contributed by atoms with Gasteiger partial charge in [-0.2, -0.15) is 0 Å². The third-order valence-electron chi connectivity index (χ3n) is 2.54. The van der Waals surface area contributed by atoms with Crippen molar-refractivity contribution in [3.63, 3.8) is 0 Å². The van der Waals surface area contributed by atoms with Gasteiger partial charge in [0, 0.05) is 16.6 Å². The first kappa shape index (κ1) is 15.0. The van der Waals surface area contributed by atoms with Crippen molar-refractivity contribution >= 4 is 43.1 Å². The molecule has 20 heavy (non-hydrogen) atoms. The Balaban J connectivity index is 2.62. The molecule has 0 aromatic heterocycles. The van der Waals surface area contributed by atoms with E-state index in [1.165, 1.54) is 18.2 Å². The monoisotopic (exact) mass is 375 g/mol. The molecule has 0 N–H and O–H groups in total. The molecule has 104 valence electrons. The summed E-state index contributed by atoms with van der Waals surface area (Å²) in [5.41, 5.74) is -0.329. The van der Waals surface area contributed by atoms with Crippen LogP contribution in [0.15, 0.2) is 56.7 Å². The summed E-state index contributed by atoms with van der Waals surface area (Å²) in [5.74, 6) is 0. The molecule has 0 bridgehead atoms. The van der Waals surface area contributed by atoms with Gasteiger partial charge in [-0.15, -0.1) is 0 Å². The standard InChI is InChI=1S/C12H7BrClNO4S/c13-8-1-4-10(5-2-8)20(18,19)12-7-9(15(16)17)3-6-11(12)14/h1-7H. The molecule has 0 radical (unpaired) electrons. The number of rotatable bonds is 3. The SMILES string of the molecule is O=[N+]([O-])c1ccc(Cl)c(S(=O)(=O)c2ccc(Br)cc2)c1. The van der Waals surface area contributed by atoms with Gasteiger partial charge < -0.3 is 0 Å². The Morgan fingerprint density at radius 3 is 2.25 bits per heavy atom. The first-order valence-electron chi connectivity index (χ1n) is 5.27. The molecule has 0 aliphatic heterocycles. The summed E-state index contributed by atoms with van der Waals surface area (Å²) in [5, 5.41) is 10.7. The highest BCUT2D eigenvalue weighted by Gasteiger charge is 2.23. The summed E-state index contributed by atoms with van der Waals surface area (Å²) < 4.78 is 25.6. The number of nitro benzene ring substituents is 1. The van der Waals surface area contributed by atoms with Gasteiger partial charge in [-0.25, -0.2) is 8.42 Å². The molecular weight excluding hydrogens is 370 g/mol. The van der Waals surface area contributed by atoms with Crippen LogP contribution in [0.1, 0.15) is 0 Å². The maximum Gasteiger partial charge on any atom is 0.270 e. The zero-order valence-electron chi connectivity index (χ0n) is 9.79.